The molecule has 0 bridgehead atoms. The van der Waals surface area contributed by atoms with E-state index in [9.17, 15) is 19.7 Å². The fourth-order valence-electron chi connectivity index (χ4n) is 3.37. The summed E-state index contributed by atoms with van der Waals surface area (Å²) in [4.78, 5) is 37.9. The molecule has 31 heavy (non-hydrogen) atoms. The van der Waals surface area contributed by atoms with Gasteiger partial charge in [-0.15, -0.1) is 0 Å². The van der Waals surface area contributed by atoms with Crippen LogP contribution < -0.4 is 20.3 Å². The number of hydrogen-bond acceptors (Lipinski definition) is 6. The first-order valence-corrected chi connectivity index (χ1v) is 10.1. The highest BCUT2D eigenvalue weighted by Gasteiger charge is 2.31. The van der Waals surface area contributed by atoms with E-state index in [-0.39, 0.29) is 30.4 Å². The Bertz CT molecular complexity index is 1010. The van der Waals surface area contributed by atoms with E-state index in [0.717, 1.165) is 17.5 Å². The van der Waals surface area contributed by atoms with Crippen molar-refractivity contribution in [3.05, 3.63) is 57.6 Å². The Morgan fingerprint density at radius 1 is 1.23 bits per heavy atom. The number of carbonyl (C=O) groups is 2. The summed E-state index contributed by atoms with van der Waals surface area (Å²) in [5.74, 6) is -0.155. The molecule has 1 aliphatic heterocycles. The molecule has 9 nitrogen and oxygen atoms in total. The minimum Gasteiger partial charge on any atom is -0.477 e. The zero-order chi connectivity index (χ0) is 22.5. The summed E-state index contributed by atoms with van der Waals surface area (Å²) in [6, 6.07) is 10.2. The summed E-state index contributed by atoms with van der Waals surface area (Å²) in [6.07, 6.45) is 0.0424. The lowest BCUT2D eigenvalue weighted by molar-refractivity contribution is -0.384. The number of fused-ring (bicyclic) bond motifs is 1. The topological polar surface area (TPSA) is 114 Å². The molecule has 0 aliphatic carbocycles. The molecule has 2 amide bonds. The van der Waals surface area contributed by atoms with Crippen molar-refractivity contribution < 1.29 is 19.2 Å². The molecule has 3 rings (SSSR count). The van der Waals surface area contributed by atoms with E-state index in [1.807, 2.05) is 19.9 Å². The minimum absolute atomic E-state index is 0.0813. The van der Waals surface area contributed by atoms with Gasteiger partial charge in [0.1, 0.15) is 11.4 Å². The van der Waals surface area contributed by atoms with Crippen molar-refractivity contribution >= 4 is 28.9 Å². The van der Waals surface area contributed by atoms with Crippen LogP contribution in [0.1, 0.15) is 24.5 Å². The van der Waals surface area contributed by atoms with Crippen LogP contribution in [0.4, 0.5) is 17.1 Å². The zero-order valence-electron chi connectivity index (χ0n) is 17.8. The van der Waals surface area contributed by atoms with E-state index in [0.29, 0.717) is 18.0 Å². The largest absolute Gasteiger partial charge is 0.477 e. The summed E-state index contributed by atoms with van der Waals surface area (Å²) >= 11 is 0. The molecule has 1 atom stereocenters. The first kappa shape index (κ1) is 22.1. The third kappa shape index (κ3) is 5.11. The number of nitro benzene ring substituents is 1. The predicted octanol–water partition coefficient (Wildman–Crippen LogP) is 2.94. The normalized spacial score (nSPS) is 14.9. The average Bonchev–Trinajstić information content (AvgIpc) is 2.74. The number of nitrogens with one attached hydrogen (secondary N) is 2. The number of para-hydroxylation sites is 2. The van der Waals surface area contributed by atoms with Gasteiger partial charge < -0.3 is 20.3 Å². The van der Waals surface area contributed by atoms with Crippen LogP contribution in [0.25, 0.3) is 0 Å². The number of benzene rings is 2. The number of ether oxygens (including phenoxy) is 1. The number of rotatable bonds is 7. The molecule has 0 saturated carbocycles. The third-order valence-corrected chi connectivity index (χ3v) is 5.12. The van der Waals surface area contributed by atoms with Crippen LogP contribution in [0.3, 0.4) is 0 Å². The fourth-order valence-corrected chi connectivity index (χ4v) is 3.37. The van der Waals surface area contributed by atoms with Gasteiger partial charge in [-0.25, -0.2) is 0 Å². The van der Waals surface area contributed by atoms with Crippen molar-refractivity contribution in [1.29, 1.82) is 0 Å². The van der Waals surface area contributed by atoms with E-state index in [2.05, 4.69) is 10.6 Å². The second-order valence-electron chi connectivity index (χ2n) is 7.50. The molecule has 1 heterocycles. The van der Waals surface area contributed by atoms with Gasteiger partial charge in [0.25, 0.3) is 11.6 Å². The van der Waals surface area contributed by atoms with Crippen molar-refractivity contribution in [2.45, 2.75) is 33.3 Å². The number of aryl methyl sites for hydroxylation is 2. The van der Waals surface area contributed by atoms with Gasteiger partial charge in [-0.05, 0) is 49.6 Å². The molecule has 2 N–H and O–H groups in total. The molecular weight excluding hydrogens is 400 g/mol. The first-order valence-electron chi connectivity index (χ1n) is 10.1. The van der Waals surface area contributed by atoms with E-state index < -0.39 is 16.9 Å². The van der Waals surface area contributed by atoms with Gasteiger partial charge >= 0.3 is 0 Å². The number of nitro groups is 1. The molecule has 2 aromatic carbocycles. The molecule has 1 aliphatic rings. The number of anilines is 2. The van der Waals surface area contributed by atoms with Gasteiger partial charge in [-0.2, -0.15) is 0 Å². The highest BCUT2D eigenvalue weighted by Crippen LogP contribution is 2.33. The maximum atomic E-state index is 12.8. The summed E-state index contributed by atoms with van der Waals surface area (Å²) < 4.78 is 5.83. The van der Waals surface area contributed by atoms with Crippen molar-refractivity contribution in [3.8, 4) is 5.75 Å². The lowest BCUT2D eigenvalue weighted by atomic mass is 10.1. The fraction of sp³-hybridized carbons (Fsp3) is 0.364. The van der Waals surface area contributed by atoms with Gasteiger partial charge in [0.15, 0.2) is 6.10 Å². The van der Waals surface area contributed by atoms with Gasteiger partial charge in [0.05, 0.1) is 23.7 Å². The zero-order valence-corrected chi connectivity index (χ0v) is 17.8. The summed E-state index contributed by atoms with van der Waals surface area (Å²) in [5.41, 5.74) is 2.29. The van der Waals surface area contributed by atoms with Crippen LogP contribution in [-0.4, -0.2) is 42.5 Å². The SMILES string of the molecule is CCCNC(=O)[C@@H]1CN(CC(=O)Nc2cc(C)c(C)cc2[N+](=O)[O-])c2ccccc2O1. The Balaban J connectivity index is 1.79. The minimum atomic E-state index is -0.759. The van der Waals surface area contributed by atoms with Crippen LogP contribution in [0, 0.1) is 24.0 Å². The number of nitrogens with zero attached hydrogens (tertiary/aromatic N) is 2. The first-order chi connectivity index (χ1) is 14.8. The van der Waals surface area contributed by atoms with Crippen molar-refractivity contribution in [2.75, 3.05) is 29.9 Å². The third-order valence-electron chi connectivity index (χ3n) is 5.12. The maximum absolute atomic E-state index is 12.8. The van der Waals surface area contributed by atoms with Crippen LogP contribution in [0.5, 0.6) is 5.75 Å². The molecule has 0 spiro atoms. The molecule has 2 aromatic rings. The average molecular weight is 426 g/mol. The van der Waals surface area contributed by atoms with Crippen molar-refractivity contribution in [1.82, 2.24) is 5.32 Å². The van der Waals surface area contributed by atoms with Crippen molar-refractivity contribution in [2.24, 2.45) is 0 Å². The van der Waals surface area contributed by atoms with E-state index >= 15 is 0 Å². The Kier molecular flexibility index (Phi) is 6.74. The van der Waals surface area contributed by atoms with Crippen LogP contribution in [0.2, 0.25) is 0 Å². The standard InChI is InChI=1S/C22H26N4O5/c1-4-9-23-22(28)20-12-25(17-7-5-6-8-19(17)31-20)13-21(27)24-16-10-14(2)15(3)11-18(16)26(29)30/h5-8,10-11,20H,4,9,12-13H2,1-3H3,(H,23,28)(H,24,27)/t20-/m0/s1. The smallest absolute Gasteiger partial charge is 0.293 e. The van der Waals surface area contributed by atoms with Crippen LogP contribution >= 0.6 is 0 Å². The number of amides is 2. The van der Waals surface area contributed by atoms with Crippen LogP contribution in [-0.2, 0) is 9.59 Å². The van der Waals surface area contributed by atoms with Gasteiger partial charge in [-0.1, -0.05) is 19.1 Å². The lowest BCUT2D eigenvalue weighted by Crippen LogP contribution is -2.50. The van der Waals surface area contributed by atoms with E-state index in [1.165, 1.54) is 6.07 Å². The second-order valence-corrected chi connectivity index (χ2v) is 7.50. The van der Waals surface area contributed by atoms with Gasteiger partial charge in [0, 0.05) is 12.6 Å². The monoisotopic (exact) mass is 426 g/mol. The number of hydrogen-bond donors (Lipinski definition) is 2. The maximum Gasteiger partial charge on any atom is 0.293 e. The number of carbonyl (C=O) groups excluding carboxylic acids is 2. The lowest BCUT2D eigenvalue weighted by Gasteiger charge is -2.35. The van der Waals surface area contributed by atoms with Gasteiger partial charge in [-0.3, -0.25) is 19.7 Å². The molecule has 0 fully saturated rings. The molecule has 0 saturated heterocycles. The quantitative estimate of drug-likeness (QED) is 0.520. The molecular formula is C22H26N4O5. The molecule has 0 aromatic heterocycles. The summed E-state index contributed by atoms with van der Waals surface area (Å²) in [6.45, 7) is 6.21. The Morgan fingerprint density at radius 2 is 1.94 bits per heavy atom. The summed E-state index contributed by atoms with van der Waals surface area (Å²) in [7, 11) is 0. The molecule has 0 radical (unpaired) electrons. The van der Waals surface area contributed by atoms with Crippen molar-refractivity contribution in [3.63, 3.8) is 0 Å². The molecule has 0 unspecified atom stereocenters. The van der Waals surface area contributed by atoms with E-state index in [1.54, 1.807) is 36.1 Å². The van der Waals surface area contributed by atoms with E-state index in [4.69, 9.17) is 4.74 Å². The Hall–Kier alpha value is -3.62. The van der Waals surface area contributed by atoms with Crippen LogP contribution in [0.15, 0.2) is 36.4 Å². The van der Waals surface area contributed by atoms with Gasteiger partial charge in [0.2, 0.25) is 5.91 Å². The second kappa shape index (κ2) is 9.46. The predicted molar refractivity (Wildman–Crippen MR) is 118 cm³/mol. The molecule has 164 valence electrons. The molecule has 9 heteroatoms. The highest BCUT2D eigenvalue weighted by atomic mass is 16.6. The Labute approximate surface area is 180 Å². The Morgan fingerprint density at radius 3 is 2.65 bits per heavy atom. The highest BCUT2D eigenvalue weighted by molar-refractivity contribution is 5.97. The summed E-state index contributed by atoms with van der Waals surface area (Å²) in [5, 5.41) is 16.9.